The van der Waals surface area contributed by atoms with Crippen LogP contribution < -0.4 is 10.6 Å². The minimum atomic E-state index is -0.454. The Kier molecular flexibility index (Phi) is 5.91. The van der Waals surface area contributed by atoms with E-state index in [4.69, 9.17) is 4.74 Å². The number of hydrogen-bond donors (Lipinski definition) is 2. The maximum atomic E-state index is 12.9. The summed E-state index contributed by atoms with van der Waals surface area (Å²) in [5, 5.41) is 13.5. The SMILES string of the molecule is CCOC(=O)c1ccc(Nc2ccc(C(=O)Nc3ccc(F)cc3)nn2)cc1. The molecule has 0 unspecified atom stereocenters. The number of ether oxygens (including phenoxy) is 1. The van der Waals surface area contributed by atoms with Crippen molar-refractivity contribution in [1.29, 1.82) is 0 Å². The second-order valence-electron chi connectivity index (χ2n) is 5.69. The zero-order valence-corrected chi connectivity index (χ0v) is 15.0. The van der Waals surface area contributed by atoms with Crippen LogP contribution in [-0.4, -0.2) is 28.7 Å². The highest BCUT2D eigenvalue weighted by molar-refractivity contribution is 6.02. The van der Waals surface area contributed by atoms with Crippen LogP contribution in [0.1, 0.15) is 27.8 Å². The Labute approximate surface area is 160 Å². The van der Waals surface area contributed by atoms with Gasteiger partial charge in [0.05, 0.1) is 12.2 Å². The van der Waals surface area contributed by atoms with Gasteiger partial charge in [0.15, 0.2) is 11.5 Å². The van der Waals surface area contributed by atoms with Crippen molar-refractivity contribution in [3.63, 3.8) is 0 Å². The lowest BCUT2D eigenvalue weighted by molar-refractivity contribution is 0.0526. The zero-order chi connectivity index (χ0) is 19.9. The van der Waals surface area contributed by atoms with Gasteiger partial charge in [-0.2, -0.15) is 0 Å². The van der Waals surface area contributed by atoms with Crippen LogP contribution in [0.5, 0.6) is 0 Å². The maximum Gasteiger partial charge on any atom is 0.338 e. The predicted octanol–water partition coefficient (Wildman–Crippen LogP) is 3.79. The highest BCUT2D eigenvalue weighted by Gasteiger charge is 2.10. The molecular weight excluding hydrogens is 363 g/mol. The highest BCUT2D eigenvalue weighted by atomic mass is 19.1. The molecule has 0 saturated carbocycles. The van der Waals surface area contributed by atoms with E-state index in [0.717, 1.165) is 0 Å². The summed E-state index contributed by atoms with van der Waals surface area (Å²) in [6.45, 7) is 2.06. The van der Waals surface area contributed by atoms with Crippen molar-refractivity contribution in [2.45, 2.75) is 6.92 Å². The van der Waals surface area contributed by atoms with Gasteiger partial charge < -0.3 is 15.4 Å². The van der Waals surface area contributed by atoms with Gasteiger partial charge in [-0.15, -0.1) is 10.2 Å². The first-order valence-corrected chi connectivity index (χ1v) is 8.50. The molecule has 28 heavy (non-hydrogen) atoms. The van der Waals surface area contributed by atoms with Crippen LogP contribution in [0.3, 0.4) is 0 Å². The maximum absolute atomic E-state index is 12.9. The van der Waals surface area contributed by atoms with Gasteiger partial charge in [-0.05, 0) is 67.6 Å². The second-order valence-corrected chi connectivity index (χ2v) is 5.69. The first kappa shape index (κ1) is 19.0. The molecule has 1 aromatic heterocycles. The van der Waals surface area contributed by atoms with Crippen LogP contribution in [0.4, 0.5) is 21.6 Å². The summed E-state index contributed by atoms with van der Waals surface area (Å²) in [4.78, 5) is 23.8. The van der Waals surface area contributed by atoms with Crippen molar-refractivity contribution >= 4 is 29.1 Å². The molecule has 2 N–H and O–H groups in total. The summed E-state index contributed by atoms with van der Waals surface area (Å²) in [7, 11) is 0. The molecule has 0 spiro atoms. The average molecular weight is 380 g/mol. The fraction of sp³-hybridized carbons (Fsp3) is 0.100. The Morgan fingerprint density at radius 2 is 1.61 bits per heavy atom. The van der Waals surface area contributed by atoms with Crippen molar-refractivity contribution in [2.24, 2.45) is 0 Å². The number of benzene rings is 2. The van der Waals surface area contributed by atoms with Crippen LogP contribution in [-0.2, 0) is 4.74 Å². The molecule has 1 amide bonds. The van der Waals surface area contributed by atoms with Gasteiger partial charge in [0, 0.05) is 11.4 Å². The van der Waals surface area contributed by atoms with Gasteiger partial charge in [-0.1, -0.05) is 0 Å². The number of esters is 1. The molecule has 0 atom stereocenters. The normalized spacial score (nSPS) is 10.2. The van der Waals surface area contributed by atoms with E-state index in [9.17, 15) is 14.0 Å². The molecule has 0 fully saturated rings. The van der Waals surface area contributed by atoms with Crippen molar-refractivity contribution in [1.82, 2.24) is 10.2 Å². The van der Waals surface area contributed by atoms with E-state index in [0.29, 0.717) is 29.4 Å². The number of nitrogens with one attached hydrogen (secondary N) is 2. The zero-order valence-electron chi connectivity index (χ0n) is 15.0. The van der Waals surface area contributed by atoms with Crippen LogP contribution in [0.25, 0.3) is 0 Å². The number of carbonyl (C=O) groups is 2. The van der Waals surface area contributed by atoms with E-state index in [1.165, 1.54) is 30.3 Å². The number of carbonyl (C=O) groups excluding carboxylic acids is 2. The number of rotatable bonds is 6. The third-order valence-corrected chi connectivity index (χ3v) is 3.67. The number of anilines is 3. The molecule has 0 radical (unpaired) electrons. The van der Waals surface area contributed by atoms with E-state index in [-0.39, 0.29) is 17.5 Å². The van der Waals surface area contributed by atoms with E-state index in [1.54, 1.807) is 37.3 Å². The number of hydrogen-bond acceptors (Lipinski definition) is 6. The Hall–Kier alpha value is -3.81. The monoisotopic (exact) mass is 380 g/mol. The first-order valence-electron chi connectivity index (χ1n) is 8.50. The van der Waals surface area contributed by atoms with Crippen molar-refractivity contribution in [2.75, 3.05) is 17.2 Å². The number of halogens is 1. The molecule has 3 aromatic rings. The van der Waals surface area contributed by atoms with Gasteiger partial charge in [0.2, 0.25) is 0 Å². The van der Waals surface area contributed by atoms with E-state index in [2.05, 4.69) is 20.8 Å². The second kappa shape index (κ2) is 8.72. The number of nitrogens with zero attached hydrogens (tertiary/aromatic N) is 2. The van der Waals surface area contributed by atoms with Gasteiger partial charge in [-0.25, -0.2) is 9.18 Å². The standard InChI is InChI=1S/C20H17FN4O3/c1-2-28-20(27)13-3-7-15(8-4-13)22-18-12-11-17(24-25-18)19(26)23-16-9-5-14(21)6-10-16/h3-12H,2H2,1H3,(H,22,25)(H,23,26). The minimum absolute atomic E-state index is 0.118. The summed E-state index contributed by atoms with van der Waals surface area (Å²) in [5.41, 5.74) is 1.72. The molecule has 0 aliphatic heterocycles. The van der Waals surface area contributed by atoms with Gasteiger partial charge >= 0.3 is 5.97 Å². The fourth-order valence-corrected chi connectivity index (χ4v) is 2.30. The van der Waals surface area contributed by atoms with Crippen molar-refractivity contribution < 1.29 is 18.7 Å². The molecule has 0 saturated heterocycles. The van der Waals surface area contributed by atoms with E-state index in [1.807, 2.05) is 0 Å². The van der Waals surface area contributed by atoms with Gasteiger partial charge in [0.25, 0.3) is 5.91 Å². The topological polar surface area (TPSA) is 93.2 Å². The van der Waals surface area contributed by atoms with Crippen LogP contribution in [0, 0.1) is 5.82 Å². The minimum Gasteiger partial charge on any atom is -0.462 e. The largest absolute Gasteiger partial charge is 0.462 e. The third-order valence-electron chi connectivity index (χ3n) is 3.67. The molecule has 142 valence electrons. The van der Waals surface area contributed by atoms with Crippen LogP contribution in [0.2, 0.25) is 0 Å². The molecule has 0 aliphatic rings. The smallest absolute Gasteiger partial charge is 0.338 e. The van der Waals surface area contributed by atoms with E-state index >= 15 is 0 Å². The molecule has 8 heteroatoms. The predicted molar refractivity (Wildman–Crippen MR) is 102 cm³/mol. The molecular formula is C20H17FN4O3. The highest BCUT2D eigenvalue weighted by Crippen LogP contribution is 2.16. The molecule has 0 bridgehead atoms. The average Bonchev–Trinajstić information content (AvgIpc) is 2.71. The number of aromatic nitrogens is 2. The lowest BCUT2D eigenvalue weighted by Gasteiger charge is -2.07. The van der Waals surface area contributed by atoms with Crippen LogP contribution in [0.15, 0.2) is 60.7 Å². The quantitative estimate of drug-likeness (QED) is 0.632. The summed E-state index contributed by atoms with van der Waals surface area (Å²) < 4.78 is 17.8. The molecule has 2 aromatic carbocycles. The molecule has 1 heterocycles. The van der Waals surface area contributed by atoms with Crippen molar-refractivity contribution in [3.05, 3.63) is 77.7 Å². The summed E-state index contributed by atoms with van der Waals surface area (Å²) in [6, 6.07) is 15.2. The van der Waals surface area contributed by atoms with Crippen LogP contribution >= 0.6 is 0 Å². The van der Waals surface area contributed by atoms with Crippen molar-refractivity contribution in [3.8, 4) is 0 Å². The van der Waals surface area contributed by atoms with E-state index < -0.39 is 5.91 Å². The Bertz CT molecular complexity index is 958. The summed E-state index contributed by atoms with van der Waals surface area (Å²) >= 11 is 0. The lowest BCUT2D eigenvalue weighted by atomic mass is 10.2. The molecule has 0 aliphatic carbocycles. The Morgan fingerprint density at radius 3 is 2.21 bits per heavy atom. The van der Waals surface area contributed by atoms with Gasteiger partial charge in [-0.3, -0.25) is 4.79 Å². The Balaban J connectivity index is 1.61. The van der Waals surface area contributed by atoms with Gasteiger partial charge in [0.1, 0.15) is 5.82 Å². The lowest BCUT2D eigenvalue weighted by Crippen LogP contribution is -2.14. The molecule has 7 nitrogen and oxygen atoms in total. The first-order chi connectivity index (χ1) is 13.5. The Morgan fingerprint density at radius 1 is 0.929 bits per heavy atom. The summed E-state index contributed by atoms with van der Waals surface area (Å²) in [5.74, 6) is -0.791. The fourth-order valence-electron chi connectivity index (χ4n) is 2.30. The molecule has 3 rings (SSSR count). The number of amides is 1. The summed E-state index contributed by atoms with van der Waals surface area (Å²) in [6.07, 6.45) is 0. The third kappa shape index (κ3) is 4.88.